The number of benzene rings is 1. The minimum absolute atomic E-state index is 0.756. The number of nitrogens with zero attached hydrogens (tertiary/aromatic N) is 4. The molecule has 0 unspecified atom stereocenters. The third kappa shape index (κ3) is 2.73. The fourth-order valence-electron chi connectivity index (χ4n) is 1.86. The van der Waals surface area contributed by atoms with Gasteiger partial charge in [-0.3, -0.25) is 4.68 Å². The van der Waals surface area contributed by atoms with E-state index in [-0.39, 0.29) is 0 Å². The predicted molar refractivity (Wildman–Crippen MR) is 78.0 cm³/mol. The molecule has 0 fully saturated rings. The maximum Gasteiger partial charge on any atom is 0.126 e. The van der Waals surface area contributed by atoms with Gasteiger partial charge in [0.2, 0.25) is 0 Å². The van der Waals surface area contributed by atoms with Crippen LogP contribution in [0.15, 0.2) is 47.2 Å². The van der Waals surface area contributed by atoms with Gasteiger partial charge in [0, 0.05) is 22.6 Å². The largest absolute Gasteiger partial charge is 0.368 e. The predicted octanol–water partition coefficient (Wildman–Crippen LogP) is 2.70. The Morgan fingerprint density at radius 3 is 3.00 bits per heavy atom. The third-order valence-electron chi connectivity index (χ3n) is 2.79. The molecule has 0 radical (unpaired) electrons. The molecule has 19 heavy (non-hydrogen) atoms. The summed E-state index contributed by atoms with van der Waals surface area (Å²) in [5.41, 5.74) is 0.966. The standard InChI is InChI=1S/C13H12BrN5/c14-11-3-1-2-10-4-5-12(17-13(10)11)15-6-8-19-9-7-16-18-19/h1-5,7,9H,6,8H2,(H,15,17). The number of pyridine rings is 1. The van der Waals surface area contributed by atoms with E-state index in [0.29, 0.717) is 0 Å². The number of hydrogen-bond acceptors (Lipinski definition) is 4. The highest BCUT2D eigenvalue weighted by molar-refractivity contribution is 9.10. The Labute approximate surface area is 118 Å². The number of rotatable bonds is 4. The molecule has 0 saturated carbocycles. The van der Waals surface area contributed by atoms with E-state index in [0.717, 1.165) is 34.3 Å². The molecule has 0 spiro atoms. The van der Waals surface area contributed by atoms with Crippen molar-refractivity contribution in [1.82, 2.24) is 20.0 Å². The van der Waals surface area contributed by atoms with Crippen LogP contribution in [0.3, 0.4) is 0 Å². The highest BCUT2D eigenvalue weighted by Gasteiger charge is 2.01. The molecule has 96 valence electrons. The first-order valence-electron chi connectivity index (χ1n) is 5.96. The number of para-hydroxylation sites is 1. The Bertz CT molecular complexity index is 681. The van der Waals surface area contributed by atoms with E-state index in [1.807, 2.05) is 30.5 Å². The van der Waals surface area contributed by atoms with Crippen molar-refractivity contribution in [3.8, 4) is 0 Å². The number of nitrogens with one attached hydrogen (secondary N) is 1. The molecular weight excluding hydrogens is 306 g/mol. The normalized spacial score (nSPS) is 10.8. The maximum atomic E-state index is 4.59. The van der Waals surface area contributed by atoms with E-state index in [4.69, 9.17) is 0 Å². The summed E-state index contributed by atoms with van der Waals surface area (Å²) >= 11 is 3.52. The second kappa shape index (κ2) is 5.36. The molecule has 2 heterocycles. The smallest absolute Gasteiger partial charge is 0.126 e. The number of hydrogen-bond donors (Lipinski definition) is 1. The van der Waals surface area contributed by atoms with Crippen molar-refractivity contribution in [2.24, 2.45) is 0 Å². The van der Waals surface area contributed by atoms with E-state index < -0.39 is 0 Å². The SMILES string of the molecule is Brc1cccc2ccc(NCCn3ccnn3)nc12. The minimum atomic E-state index is 0.756. The second-order valence-corrected chi connectivity index (χ2v) is 4.96. The van der Waals surface area contributed by atoms with Gasteiger partial charge in [-0.05, 0) is 34.1 Å². The van der Waals surface area contributed by atoms with Gasteiger partial charge in [0.15, 0.2) is 0 Å². The molecule has 2 aromatic heterocycles. The molecule has 0 aliphatic rings. The van der Waals surface area contributed by atoms with Crippen LogP contribution in [0, 0.1) is 0 Å². The van der Waals surface area contributed by atoms with Gasteiger partial charge < -0.3 is 5.32 Å². The van der Waals surface area contributed by atoms with E-state index in [1.165, 1.54) is 0 Å². The van der Waals surface area contributed by atoms with Crippen molar-refractivity contribution in [3.05, 3.63) is 47.2 Å². The van der Waals surface area contributed by atoms with E-state index in [9.17, 15) is 0 Å². The summed E-state index contributed by atoms with van der Waals surface area (Å²) < 4.78 is 2.79. The molecule has 0 bridgehead atoms. The topological polar surface area (TPSA) is 55.6 Å². The summed E-state index contributed by atoms with van der Waals surface area (Å²) in [6.45, 7) is 1.52. The molecule has 1 aromatic carbocycles. The van der Waals surface area contributed by atoms with Crippen molar-refractivity contribution >= 4 is 32.7 Å². The zero-order chi connectivity index (χ0) is 13.1. The van der Waals surface area contributed by atoms with E-state index >= 15 is 0 Å². The Balaban J connectivity index is 1.73. The van der Waals surface area contributed by atoms with Crippen LogP contribution in [0.5, 0.6) is 0 Å². The van der Waals surface area contributed by atoms with Crippen molar-refractivity contribution in [2.75, 3.05) is 11.9 Å². The number of fused-ring (bicyclic) bond motifs is 1. The van der Waals surface area contributed by atoms with Gasteiger partial charge in [0.25, 0.3) is 0 Å². The van der Waals surface area contributed by atoms with Crippen molar-refractivity contribution in [1.29, 1.82) is 0 Å². The van der Waals surface area contributed by atoms with Gasteiger partial charge in [-0.2, -0.15) is 0 Å². The highest BCUT2D eigenvalue weighted by Crippen LogP contribution is 2.23. The Morgan fingerprint density at radius 1 is 1.21 bits per heavy atom. The molecule has 0 atom stereocenters. The van der Waals surface area contributed by atoms with E-state index in [1.54, 1.807) is 10.9 Å². The number of anilines is 1. The lowest BCUT2D eigenvalue weighted by atomic mass is 10.2. The zero-order valence-electron chi connectivity index (χ0n) is 10.1. The van der Waals surface area contributed by atoms with Crippen molar-refractivity contribution in [2.45, 2.75) is 6.54 Å². The average Bonchev–Trinajstić information content (AvgIpc) is 2.93. The maximum absolute atomic E-state index is 4.59. The lowest BCUT2D eigenvalue weighted by Gasteiger charge is -2.07. The van der Waals surface area contributed by atoms with Gasteiger partial charge in [-0.25, -0.2) is 4.98 Å². The third-order valence-corrected chi connectivity index (χ3v) is 3.43. The molecule has 6 heteroatoms. The van der Waals surface area contributed by atoms with Gasteiger partial charge in [0.05, 0.1) is 18.3 Å². The zero-order valence-corrected chi connectivity index (χ0v) is 11.7. The molecule has 0 aliphatic heterocycles. The molecular formula is C13H12BrN5. The fraction of sp³-hybridized carbons (Fsp3) is 0.154. The van der Waals surface area contributed by atoms with Crippen molar-refractivity contribution in [3.63, 3.8) is 0 Å². The van der Waals surface area contributed by atoms with Crippen LogP contribution >= 0.6 is 15.9 Å². The number of halogens is 1. The first-order chi connectivity index (χ1) is 9.33. The molecule has 0 aliphatic carbocycles. The molecule has 1 N–H and O–H groups in total. The molecule has 3 aromatic rings. The van der Waals surface area contributed by atoms with Gasteiger partial charge >= 0.3 is 0 Å². The van der Waals surface area contributed by atoms with Gasteiger partial charge in [-0.1, -0.05) is 17.3 Å². The summed E-state index contributed by atoms with van der Waals surface area (Å²) in [6, 6.07) is 10.1. The first-order valence-corrected chi connectivity index (χ1v) is 6.75. The van der Waals surface area contributed by atoms with Gasteiger partial charge in [0.1, 0.15) is 5.82 Å². The Hall–Kier alpha value is -1.95. The van der Waals surface area contributed by atoms with Crippen LogP contribution in [0.1, 0.15) is 0 Å². The van der Waals surface area contributed by atoms with Crippen LogP contribution in [0.2, 0.25) is 0 Å². The van der Waals surface area contributed by atoms with Gasteiger partial charge in [-0.15, -0.1) is 5.10 Å². The summed E-state index contributed by atoms with van der Waals surface area (Å²) in [5, 5.41) is 12.1. The Kier molecular flexibility index (Phi) is 3.41. The van der Waals surface area contributed by atoms with Crippen molar-refractivity contribution < 1.29 is 0 Å². The molecule has 0 saturated heterocycles. The monoisotopic (exact) mass is 317 g/mol. The average molecular weight is 318 g/mol. The van der Waals surface area contributed by atoms with E-state index in [2.05, 4.69) is 42.6 Å². The van der Waals surface area contributed by atoms with Crippen LogP contribution in [0.4, 0.5) is 5.82 Å². The van der Waals surface area contributed by atoms with Crippen LogP contribution in [-0.4, -0.2) is 26.5 Å². The van der Waals surface area contributed by atoms with Crippen LogP contribution < -0.4 is 5.32 Å². The molecule has 3 rings (SSSR count). The first kappa shape index (κ1) is 12.1. The minimum Gasteiger partial charge on any atom is -0.368 e. The summed E-state index contributed by atoms with van der Waals surface area (Å²) in [6.07, 6.45) is 3.51. The second-order valence-electron chi connectivity index (χ2n) is 4.10. The Morgan fingerprint density at radius 2 is 2.16 bits per heavy atom. The quantitative estimate of drug-likeness (QED) is 0.803. The lowest BCUT2D eigenvalue weighted by molar-refractivity contribution is 0.608. The highest BCUT2D eigenvalue weighted by atomic mass is 79.9. The van der Waals surface area contributed by atoms with Crippen LogP contribution in [0.25, 0.3) is 10.9 Å². The fourth-order valence-corrected chi connectivity index (χ4v) is 2.33. The lowest BCUT2D eigenvalue weighted by Crippen LogP contribution is -2.11. The number of aromatic nitrogens is 4. The summed E-state index contributed by atoms with van der Waals surface area (Å²) in [4.78, 5) is 4.59. The molecule has 0 amide bonds. The van der Waals surface area contributed by atoms with Crippen LogP contribution in [-0.2, 0) is 6.54 Å². The summed E-state index contributed by atoms with van der Waals surface area (Å²) in [5.74, 6) is 0.861. The summed E-state index contributed by atoms with van der Waals surface area (Å²) in [7, 11) is 0. The molecule has 5 nitrogen and oxygen atoms in total.